The molecule has 9 aromatic rings. The van der Waals surface area contributed by atoms with Crippen LogP contribution in [0.5, 0.6) is 0 Å². The van der Waals surface area contributed by atoms with Gasteiger partial charge >= 0.3 is 0 Å². The average Bonchev–Trinajstić information content (AvgIpc) is 1.48. The summed E-state index contributed by atoms with van der Waals surface area (Å²) in [6.07, 6.45) is -26.1. The summed E-state index contributed by atoms with van der Waals surface area (Å²) < 4.78 is 293. The van der Waals surface area contributed by atoms with Crippen LogP contribution in [0.3, 0.4) is 0 Å². The predicted octanol–water partition coefficient (Wildman–Crippen LogP) is 6.55. The van der Waals surface area contributed by atoms with Crippen LogP contribution in [0, 0.1) is 38.2 Å². The van der Waals surface area contributed by atoms with Crippen LogP contribution in [0.25, 0.3) is 33.5 Å². The summed E-state index contributed by atoms with van der Waals surface area (Å²) in [6.45, 7) is -2.59. The Morgan fingerprint density at radius 3 is 1.14 bits per heavy atom. The molecule has 108 heavy (non-hydrogen) atoms. The third-order valence-electron chi connectivity index (χ3n) is 17.9. The number of nitrogens with one attached hydrogen (secondary N) is 3. The lowest BCUT2D eigenvalue weighted by atomic mass is 10.1. The highest BCUT2D eigenvalue weighted by Crippen LogP contribution is 2.48. The lowest BCUT2D eigenvalue weighted by Crippen LogP contribution is -2.33. The van der Waals surface area contributed by atoms with E-state index in [1.807, 2.05) is 0 Å². The molecule has 6 aliphatic rings. The van der Waals surface area contributed by atoms with Gasteiger partial charge in [-0.15, -0.1) is 15.3 Å². The van der Waals surface area contributed by atoms with Crippen molar-refractivity contribution in [3.05, 3.63) is 105 Å². The van der Waals surface area contributed by atoms with Gasteiger partial charge in [-0.2, -0.15) is 0 Å². The first kappa shape index (κ1) is 50.7. The van der Waals surface area contributed by atoms with Crippen LogP contribution in [0.15, 0.2) is 70.1 Å². The van der Waals surface area contributed by atoms with E-state index in [1.165, 1.54) is 57.2 Å². The van der Waals surface area contributed by atoms with Crippen LogP contribution in [-0.4, -0.2) is 250 Å². The zero-order valence-corrected chi connectivity index (χ0v) is 60.3. The summed E-state index contributed by atoms with van der Waals surface area (Å²) in [5.74, 6) is -10.1. The highest BCUT2D eigenvalue weighted by atomic mass is 32.2. The first-order valence-electron chi connectivity index (χ1n) is 47.4. The molecule has 6 aromatic heterocycles. The van der Waals surface area contributed by atoms with E-state index in [0.29, 0.717) is 23.5 Å². The molecule has 30 nitrogen and oxygen atoms in total. The number of ether oxygens (including phenoxy) is 3. The molecular weight excluding hydrogens is 1460 g/mol. The molecule has 0 aliphatic heterocycles. The van der Waals surface area contributed by atoms with Gasteiger partial charge < -0.3 is 76.1 Å². The van der Waals surface area contributed by atoms with Crippen molar-refractivity contribution in [2.75, 3.05) is 72.6 Å². The lowest BCUT2D eigenvalue weighted by Gasteiger charge is -2.17. The summed E-state index contributed by atoms with van der Waals surface area (Å²) >= 11 is 1.16. The number of hydrogen-bond acceptors (Lipinski definition) is 30. The van der Waals surface area contributed by atoms with E-state index in [9.17, 15) is 54.0 Å². The lowest BCUT2D eigenvalue weighted by molar-refractivity contribution is -0.0629. The van der Waals surface area contributed by atoms with Gasteiger partial charge in [-0.25, -0.2) is 57.1 Å². The zero-order valence-electron chi connectivity index (χ0n) is 85.9. The van der Waals surface area contributed by atoms with Crippen molar-refractivity contribution in [2.45, 2.75) is 223 Å². The number of nitrogens with zero attached hydrogens (tertiary/aromatic N) is 15. The predicted molar refractivity (Wildman–Crippen MR) is 398 cm³/mol. The zero-order chi connectivity index (χ0) is 101. The van der Waals surface area contributed by atoms with Crippen molar-refractivity contribution in [3.8, 4) is 0 Å². The van der Waals surface area contributed by atoms with Crippen LogP contribution in [-0.2, 0) is 14.2 Å². The van der Waals surface area contributed by atoms with E-state index in [0.717, 1.165) is 46.1 Å². The van der Waals surface area contributed by atoms with Crippen LogP contribution in [0.1, 0.15) is 186 Å². The number of anilines is 3. The maximum absolute atomic E-state index is 14.5. The molecule has 15 rings (SSSR count). The Balaban J connectivity index is 0.000000173. The monoisotopic (exact) mass is 1580 g/mol. The number of thioether (sulfide) groups is 3. The molecule has 0 saturated heterocycles. The van der Waals surface area contributed by atoms with E-state index >= 15 is 0 Å². The van der Waals surface area contributed by atoms with Crippen molar-refractivity contribution in [1.29, 1.82) is 0 Å². The number of aliphatic hydroxyl groups excluding tert-OH is 7. The molecule has 0 bridgehead atoms. The van der Waals surface area contributed by atoms with E-state index in [-0.39, 0.29) is 145 Å². The average molecular weight is 1580 g/mol. The Morgan fingerprint density at radius 2 is 0.824 bits per heavy atom. The summed E-state index contributed by atoms with van der Waals surface area (Å²) in [5.41, 5.74) is -7.73. The number of benzene rings is 3. The highest BCUT2D eigenvalue weighted by Gasteiger charge is 2.49. The van der Waals surface area contributed by atoms with E-state index in [2.05, 4.69) is 76.8 Å². The van der Waals surface area contributed by atoms with E-state index in [4.69, 9.17) is 57.7 Å². The van der Waals surface area contributed by atoms with Crippen LogP contribution < -0.4 is 16.0 Å². The molecule has 0 amide bonds. The molecule has 582 valence electrons. The number of halogens is 3. The van der Waals surface area contributed by atoms with Gasteiger partial charge in [-0.3, -0.25) is 0 Å². The van der Waals surface area contributed by atoms with Crippen LogP contribution >= 0.6 is 35.3 Å². The summed E-state index contributed by atoms with van der Waals surface area (Å²) in [5, 5.41) is 123. The normalized spacial score (nSPS) is 38.0. The first-order valence-corrected chi connectivity index (χ1v) is 35.9. The van der Waals surface area contributed by atoms with Gasteiger partial charge in [0.05, 0.1) is 88.3 Å². The van der Waals surface area contributed by atoms with Gasteiger partial charge in [-0.1, -0.05) is 108 Å². The Kier molecular flexibility index (Phi) is 16.5. The van der Waals surface area contributed by atoms with Crippen LogP contribution in [0.4, 0.5) is 30.6 Å². The van der Waals surface area contributed by atoms with Crippen molar-refractivity contribution < 1.29 is 112 Å². The molecule has 0 unspecified atom stereocenters. The number of rotatable bonds is 30. The fraction of sp³-hybridized carbons (Fsp3) is 0.583. The molecule has 0 radical (unpaired) electrons. The Hall–Kier alpha value is -7.14. The second-order valence-corrected chi connectivity index (χ2v) is 27.4. The maximum Gasteiger partial charge on any atom is 0.191 e. The highest BCUT2D eigenvalue weighted by molar-refractivity contribution is 7.99. The number of fused-ring (bicyclic) bond motifs is 3. The topological polar surface area (TPSA) is 415 Å². The van der Waals surface area contributed by atoms with Crippen LogP contribution in [0.2, 0.25) is 0 Å². The minimum Gasteiger partial charge on any atom is -0.394 e. The van der Waals surface area contributed by atoms with Crippen molar-refractivity contribution in [3.63, 3.8) is 0 Å². The molecule has 0 spiro atoms. The van der Waals surface area contributed by atoms with E-state index < -0.39 is 207 Å². The number of hydrogen-bond donors (Lipinski definition) is 12. The smallest absolute Gasteiger partial charge is 0.191 e. The fourth-order valence-corrected chi connectivity index (χ4v) is 13.6. The fourth-order valence-electron chi connectivity index (χ4n) is 12.2. The van der Waals surface area contributed by atoms with E-state index in [1.54, 1.807) is 6.92 Å². The molecule has 3 aromatic carbocycles. The summed E-state index contributed by atoms with van der Waals surface area (Å²) in [6, 6.07) is 0.331. The molecule has 12 N–H and O–H groups in total. The molecular formula is C72H93F3N18O12S3. The molecule has 18 atom stereocenters. The minimum absolute atomic E-state index is 0.00806. The Bertz CT molecular complexity index is 6030. The minimum atomic E-state index is -3.45. The molecule has 6 aliphatic carbocycles. The third kappa shape index (κ3) is 17.5. The molecule has 6 heterocycles. The van der Waals surface area contributed by atoms with Gasteiger partial charge in [0, 0.05) is 98.2 Å². The second-order valence-electron chi connectivity index (χ2n) is 24.9. The van der Waals surface area contributed by atoms with Gasteiger partial charge in [0.25, 0.3) is 0 Å². The van der Waals surface area contributed by atoms with Crippen molar-refractivity contribution in [1.82, 2.24) is 74.9 Å². The molecule has 6 fully saturated rings. The van der Waals surface area contributed by atoms with Gasteiger partial charge in [0.1, 0.15) is 54.1 Å². The first-order chi connectivity index (χ1) is 62.3. The number of aliphatic hydroxyl groups is 9. The van der Waals surface area contributed by atoms with Gasteiger partial charge in [-0.05, 0) is 111 Å². The maximum atomic E-state index is 14.5. The standard InChI is InChI=1S/3C24H31FN6O4S/c3*1-3-8-36-24-27-22(26-16-10-14(16)13-5-4-12(2)15(25)9-13)19-23(28-24)31(30-29-19)17-11-18(35-7-6-32)21(34)20(17)33/h3*4-5,9,14,16-18,20-21,32-34H,3,6-8,10-11H2,1-2H3,(H,26,27,28)/t3*14-,16+,17+,18-,20-,21+/m000/s1/i6D2,7D2,8D2,10D2,14D,16D;3D2,6D2,8D2,10D2,14D,16D;3D2,8D2,10D2,14D,16D. The summed E-state index contributed by atoms with van der Waals surface area (Å²) in [7, 11) is 0. The Labute approximate surface area is 672 Å². The Morgan fingerprint density at radius 1 is 0.481 bits per heavy atom. The van der Waals surface area contributed by atoms with Gasteiger partial charge in [0.15, 0.2) is 66.4 Å². The molecule has 6 saturated carbocycles. The van der Waals surface area contributed by atoms with Gasteiger partial charge in [0.2, 0.25) is 0 Å². The number of aromatic nitrogens is 15. The molecule has 36 heteroatoms. The SMILES string of the molecule is [2H]C([2H])(C)C([2H])([2H])Sc1nc(N[C@]2([2H])C([2H])([2H])[C@@]2([2H])c2ccc(C)c(F)c2)c2nnn([C@@H]3C[C@H](OCCO)[C@@H](O)[C@H]3O)c2n1.[2H]C([2H])(CC)Sc1nc(N[C@]2([2H])C([2H])([2H])[C@@]2([2H])c2ccc(C)c(F)c2)c2nnn([C@@H]3C[C@H](OC([2H])([2H])C([2H])([2H])O)[C@@H](O)[C@H]3O)c2n1.[2H]C([2H])(O)CO[C@H]1C[C@@H](n2nnc3c(N[C@]4([2H])C([2H])([2H])[C@@]4([2H])c4ccc(C)c(F)c4)nc(SC([2H])([2H])C([2H])([2H])C)nc32)[C@H](O)[C@@H]1O. The second kappa shape index (κ2) is 35.1. The number of aryl methyl sites for hydroxylation is 3. The largest absolute Gasteiger partial charge is 0.394 e. The quantitative estimate of drug-likeness (QED) is 0.0168. The summed E-state index contributed by atoms with van der Waals surface area (Å²) in [4.78, 5) is 25.6. The van der Waals surface area contributed by atoms with Crippen molar-refractivity contribution in [2.24, 2.45) is 0 Å². The third-order valence-corrected chi connectivity index (χ3v) is 20.1. The van der Waals surface area contributed by atoms with Crippen molar-refractivity contribution >= 4 is 86.2 Å².